The van der Waals surface area contributed by atoms with Crippen molar-refractivity contribution in [2.24, 2.45) is 0 Å². The van der Waals surface area contributed by atoms with Gasteiger partial charge in [-0.15, -0.1) is 10.2 Å². The fourth-order valence-electron chi connectivity index (χ4n) is 2.79. The summed E-state index contributed by atoms with van der Waals surface area (Å²) in [5, 5.41) is 16.0. The molecule has 1 aliphatic rings. The molecule has 1 saturated heterocycles. The molecule has 3 heterocycles. The van der Waals surface area contributed by atoms with E-state index in [9.17, 15) is 8.42 Å². The van der Waals surface area contributed by atoms with Crippen LogP contribution in [0.4, 0.5) is 5.69 Å². The minimum Gasteiger partial charge on any atom is -0.379 e. The Balaban J connectivity index is 1.78. The molecular formula is C14H22N6O2S. The van der Waals surface area contributed by atoms with Gasteiger partial charge >= 0.3 is 0 Å². The SMILES string of the molecule is CC(C)c1cc(NC2CCN(S(C)(=O)=O)CC2)c2nncn2n1. The third-order valence-electron chi connectivity index (χ3n) is 4.16. The summed E-state index contributed by atoms with van der Waals surface area (Å²) in [4.78, 5) is 0. The summed E-state index contributed by atoms with van der Waals surface area (Å²) >= 11 is 0. The number of hydrogen-bond donors (Lipinski definition) is 1. The van der Waals surface area contributed by atoms with E-state index < -0.39 is 10.0 Å². The monoisotopic (exact) mass is 338 g/mol. The van der Waals surface area contributed by atoms with Crippen molar-refractivity contribution in [2.75, 3.05) is 24.7 Å². The second-order valence-corrected chi connectivity index (χ2v) is 8.30. The molecule has 9 heteroatoms. The number of rotatable bonds is 4. The van der Waals surface area contributed by atoms with Crippen LogP contribution in [0.15, 0.2) is 12.4 Å². The third-order valence-corrected chi connectivity index (χ3v) is 5.46. The Morgan fingerprint density at radius 3 is 2.61 bits per heavy atom. The second kappa shape index (κ2) is 6.04. The summed E-state index contributed by atoms with van der Waals surface area (Å²) in [6.07, 6.45) is 4.40. The average Bonchev–Trinajstić information content (AvgIpc) is 2.95. The molecule has 1 N–H and O–H groups in total. The number of sulfonamides is 1. The number of anilines is 1. The van der Waals surface area contributed by atoms with E-state index in [0.717, 1.165) is 24.2 Å². The van der Waals surface area contributed by atoms with Gasteiger partial charge in [0.1, 0.15) is 6.33 Å². The van der Waals surface area contributed by atoms with E-state index in [1.807, 2.05) is 6.07 Å². The van der Waals surface area contributed by atoms with Crippen molar-refractivity contribution >= 4 is 21.4 Å². The smallest absolute Gasteiger partial charge is 0.211 e. The number of fused-ring (bicyclic) bond motifs is 1. The van der Waals surface area contributed by atoms with Crippen LogP contribution < -0.4 is 5.32 Å². The van der Waals surface area contributed by atoms with Crippen molar-refractivity contribution in [3.05, 3.63) is 18.1 Å². The molecule has 0 amide bonds. The number of nitrogens with zero attached hydrogens (tertiary/aromatic N) is 5. The quantitative estimate of drug-likeness (QED) is 0.897. The normalized spacial score (nSPS) is 17.9. The van der Waals surface area contributed by atoms with Gasteiger partial charge in [-0.05, 0) is 24.8 Å². The molecule has 0 bridgehead atoms. The second-order valence-electron chi connectivity index (χ2n) is 6.32. The van der Waals surface area contributed by atoms with Gasteiger partial charge in [-0.25, -0.2) is 12.7 Å². The summed E-state index contributed by atoms with van der Waals surface area (Å²) < 4.78 is 26.4. The zero-order valence-corrected chi connectivity index (χ0v) is 14.4. The molecule has 2 aromatic rings. The fourth-order valence-corrected chi connectivity index (χ4v) is 3.66. The van der Waals surface area contributed by atoms with Gasteiger partial charge in [0.05, 0.1) is 17.6 Å². The minimum atomic E-state index is -3.10. The molecule has 0 aromatic carbocycles. The van der Waals surface area contributed by atoms with Crippen LogP contribution in [0.1, 0.15) is 38.3 Å². The predicted octanol–water partition coefficient (Wildman–Crippen LogP) is 1.08. The molecule has 23 heavy (non-hydrogen) atoms. The molecule has 3 rings (SSSR count). The molecule has 1 fully saturated rings. The summed E-state index contributed by atoms with van der Waals surface area (Å²) in [7, 11) is -3.10. The largest absolute Gasteiger partial charge is 0.379 e. The van der Waals surface area contributed by atoms with Crippen molar-refractivity contribution in [1.29, 1.82) is 0 Å². The fraction of sp³-hybridized carbons (Fsp3) is 0.643. The van der Waals surface area contributed by atoms with E-state index >= 15 is 0 Å². The molecule has 8 nitrogen and oxygen atoms in total. The molecule has 0 atom stereocenters. The summed E-state index contributed by atoms with van der Waals surface area (Å²) in [5.41, 5.74) is 2.56. The zero-order valence-electron chi connectivity index (χ0n) is 13.6. The number of nitrogens with one attached hydrogen (secondary N) is 1. The van der Waals surface area contributed by atoms with E-state index in [1.165, 1.54) is 10.6 Å². The van der Waals surface area contributed by atoms with Crippen molar-refractivity contribution in [3.63, 3.8) is 0 Å². The van der Waals surface area contributed by atoms with Crippen LogP contribution in [-0.4, -0.2) is 57.9 Å². The van der Waals surface area contributed by atoms with Crippen LogP contribution >= 0.6 is 0 Å². The highest BCUT2D eigenvalue weighted by atomic mass is 32.2. The summed E-state index contributed by atoms with van der Waals surface area (Å²) in [6, 6.07) is 2.23. The molecule has 0 saturated carbocycles. The Kier molecular flexibility index (Phi) is 4.24. The molecule has 0 radical (unpaired) electrons. The molecule has 0 spiro atoms. The van der Waals surface area contributed by atoms with Crippen LogP contribution in [0.5, 0.6) is 0 Å². The van der Waals surface area contributed by atoms with Gasteiger partial charge in [-0.1, -0.05) is 13.8 Å². The molecule has 1 aliphatic heterocycles. The zero-order chi connectivity index (χ0) is 16.6. The first-order valence-electron chi connectivity index (χ1n) is 7.77. The van der Waals surface area contributed by atoms with E-state index in [-0.39, 0.29) is 6.04 Å². The first-order chi connectivity index (χ1) is 10.8. The van der Waals surface area contributed by atoms with E-state index in [0.29, 0.717) is 24.7 Å². The molecule has 126 valence electrons. The lowest BCUT2D eigenvalue weighted by Gasteiger charge is -2.31. The Morgan fingerprint density at radius 2 is 2.00 bits per heavy atom. The standard InChI is InChI=1S/C14H22N6O2S/c1-10(2)12-8-13(14-17-15-9-20(14)18-12)16-11-4-6-19(7-5-11)23(3,21)22/h8-11,16H,4-7H2,1-3H3. The molecule has 0 unspecified atom stereocenters. The van der Waals surface area contributed by atoms with Crippen molar-refractivity contribution < 1.29 is 8.42 Å². The van der Waals surface area contributed by atoms with Gasteiger partial charge in [0.15, 0.2) is 0 Å². The minimum absolute atomic E-state index is 0.218. The Morgan fingerprint density at radius 1 is 1.30 bits per heavy atom. The van der Waals surface area contributed by atoms with Crippen molar-refractivity contribution in [3.8, 4) is 0 Å². The highest BCUT2D eigenvalue weighted by Crippen LogP contribution is 2.23. The molecule has 0 aliphatic carbocycles. The highest BCUT2D eigenvalue weighted by Gasteiger charge is 2.25. The maximum Gasteiger partial charge on any atom is 0.211 e. The van der Waals surface area contributed by atoms with Crippen LogP contribution in [0, 0.1) is 0 Å². The number of piperidine rings is 1. The van der Waals surface area contributed by atoms with Crippen molar-refractivity contribution in [2.45, 2.75) is 38.6 Å². The van der Waals surface area contributed by atoms with Crippen LogP contribution in [0.3, 0.4) is 0 Å². The Labute approximate surface area is 135 Å². The van der Waals surface area contributed by atoms with Crippen LogP contribution in [-0.2, 0) is 10.0 Å². The maximum absolute atomic E-state index is 11.6. The summed E-state index contributed by atoms with van der Waals surface area (Å²) in [6.45, 7) is 5.27. The highest BCUT2D eigenvalue weighted by molar-refractivity contribution is 7.88. The molecule has 2 aromatic heterocycles. The van der Waals surface area contributed by atoms with Gasteiger partial charge < -0.3 is 5.32 Å². The lowest BCUT2D eigenvalue weighted by molar-refractivity contribution is 0.332. The Bertz CT molecular complexity index is 793. The van der Waals surface area contributed by atoms with Gasteiger partial charge in [-0.3, -0.25) is 0 Å². The van der Waals surface area contributed by atoms with E-state index in [2.05, 4.69) is 34.5 Å². The average molecular weight is 338 g/mol. The Hall–Kier alpha value is -1.74. The third kappa shape index (κ3) is 3.45. The molecular weight excluding hydrogens is 316 g/mol. The predicted molar refractivity (Wildman–Crippen MR) is 87.9 cm³/mol. The maximum atomic E-state index is 11.6. The number of hydrogen-bond acceptors (Lipinski definition) is 6. The summed E-state index contributed by atoms with van der Waals surface area (Å²) in [5.74, 6) is 0.300. The van der Waals surface area contributed by atoms with Gasteiger partial charge in [0.2, 0.25) is 15.7 Å². The first kappa shape index (κ1) is 16.1. The van der Waals surface area contributed by atoms with Crippen LogP contribution in [0.25, 0.3) is 5.65 Å². The van der Waals surface area contributed by atoms with E-state index in [4.69, 9.17) is 0 Å². The topological polar surface area (TPSA) is 92.5 Å². The lowest BCUT2D eigenvalue weighted by atomic mass is 10.1. The number of aromatic nitrogens is 4. The van der Waals surface area contributed by atoms with E-state index in [1.54, 1.807) is 10.8 Å². The first-order valence-corrected chi connectivity index (χ1v) is 9.62. The van der Waals surface area contributed by atoms with Crippen molar-refractivity contribution in [1.82, 2.24) is 24.1 Å². The van der Waals surface area contributed by atoms with Gasteiger partial charge in [0.25, 0.3) is 0 Å². The van der Waals surface area contributed by atoms with Gasteiger partial charge in [-0.2, -0.15) is 9.61 Å². The van der Waals surface area contributed by atoms with Gasteiger partial charge in [0, 0.05) is 19.1 Å². The van der Waals surface area contributed by atoms with Crippen LogP contribution in [0.2, 0.25) is 0 Å². The lowest BCUT2D eigenvalue weighted by Crippen LogP contribution is -2.41.